The highest BCUT2D eigenvalue weighted by atomic mass is 16.7. The molecule has 1 aliphatic rings. The largest absolute Gasteiger partial charge is 0.390 e. The molecule has 0 radical (unpaired) electrons. The summed E-state index contributed by atoms with van der Waals surface area (Å²) >= 11 is 0. The third-order valence-corrected chi connectivity index (χ3v) is 7.34. The standard InChI is InChI=1S/C36H45N3O6/c1-2-24-41-36-35(44-27-30-20-12-7-13-21-30)34(43-26-29-18-10-6-11-19-29)33(42-25-28-16-8-5-9-17-28)32(45-36)31(40)22-14-3-4-15-23-38-39-37/h2,5-13,16-21,31-36,40H,1,3-4,14-15,22-27H2/t31?,32-,33+,34+,35-,36?/m1/s1/i25D,26D,27D/t25?,26?,27?,31?,32-,33+,34+,35-,36?. The van der Waals surface area contributed by atoms with Crippen LogP contribution in [-0.2, 0) is 43.4 Å². The molecule has 4 rings (SSSR count). The van der Waals surface area contributed by atoms with Crippen LogP contribution in [0.5, 0.6) is 0 Å². The predicted molar refractivity (Wildman–Crippen MR) is 173 cm³/mol. The molecule has 1 aliphatic heterocycles. The van der Waals surface area contributed by atoms with Crippen molar-refractivity contribution in [3.63, 3.8) is 0 Å². The van der Waals surface area contributed by atoms with Gasteiger partial charge in [-0.2, -0.15) is 0 Å². The maximum absolute atomic E-state index is 11.6. The van der Waals surface area contributed by atoms with Gasteiger partial charge in [-0.1, -0.05) is 121 Å². The van der Waals surface area contributed by atoms with Gasteiger partial charge in [0.25, 0.3) is 0 Å². The number of aliphatic hydroxyl groups excluding tert-OH is 1. The Morgan fingerprint density at radius 1 is 0.778 bits per heavy atom. The molecule has 45 heavy (non-hydrogen) atoms. The van der Waals surface area contributed by atoms with Crippen LogP contribution in [0, 0.1) is 0 Å². The van der Waals surface area contributed by atoms with Crippen LogP contribution in [0.4, 0.5) is 0 Å². The van der Waals surface area contributed by atoms with E-state index in [-0.39, 0.29) is 6.61 Å². The van der Waals surface area contributed by atoms with Gasteiger partial charge >= 0.3 is 0 Å². The summed E-state index contributed by atoms with van der Waals surface area (Å²) in [5, 5.41) is 15.2. The number of aliphatic hydroxyl groups is 1. The second kappa shape index (κ2) is 19.8. The average molecular weight is 619 g/mol. The third kappa shape index (κ3) is 11.4. The van der Waals surface area contributed by atoms with Gasteiger partial charge in [0, 0.05) is 11.5 Å². The van der Waals surface area contributed by atoms with Crippen molar-refractivity contribution in [2.45, 2.75) is 88.7 Å². The molecule has 9 atom stereocenters. The van der Waals surface area contributed by atoms with E-state index >= 15 is 0 Å². The van der Waals surface area contributed by atoms with Gasteiger partial charge in [0.2, 0.25) is 0 Å². The molecule has 9 nitrogen and oxygen atoms in total. The Balaban J connectivity index is 1.69. The smallest absolute Gasteiger partial charge is 0.187 e. The Bertz CT molecular complexity index is 1390. The highest BCUT2D eigenvalue weighted by molar-refractivity contribution is 5.16. The molecule has 1 saturated heterocycles. The van der Waals surface area contributed by atoms with Crippen molar-refractivity contribution >= 4 is 0 Å². The first kappa shape index (κ1) is 30.1. The molecule has 240 valence electrons. The maximum Gasteiger partial charge on any atom is 0.187 e. The second-order valence-corrected chi connectivity index (χ2v) is 10.7. The molecule has 1 fully saturated rings. The van der Waals surface area contributed by atoms with Crippen molar-refractivity contribution in [1.82, 2.24) is 0 Å². The molecular formula is C36H45N3O6. The molecule has 0 aliphatic carbocycles. The molecule has 9 heteroatoms. The van der Waals surface area contributed by atoms with Crippen molar-refractivity contribution in [3.8, 4) is 0 Å². The van der Waals surface area contributed by atoms with E-state index in [0.29, 0.717) is 36.1 Å². The van der Waals surface area contributed by atoms with Crippen LogP contribution in [0.25, 0.3) is 10.4 Å². The van der Waals surface area contributed by atoms with Crippen LogP contribution < -0.4 is 0 Å². The van der Waals surface area contributed by atoms with Crippen LogP contribution in [-0.4, -0.2) is 55.1 Å². The van der Waals surface area contributed by atoms with Gasteiger partial charge in [0.05, 0.1) is 36.6 Å². The second-order valence-electron chi connectivity index (χ2n) is 10.7. The minimum absolute atomic E-state index is 0.0822. The van der Waals surface area contributed by atoms with E-state index < -0.39 is 56.6 Å². The van der Waals surface area contributed by atoms with E-state index in [2.05, 4.69) is 16.6 Å². The predicted octanol–water partition coefficient (Wildman–Crippen LogP) is 7.29. The topological polar surface area (TPSA) is 115 Å². The van der Waals surface area contributed by atoms with E-state index in [0.717, 1.165) is 19.3 Å². The number of ether oxygens (including phenoxy) is 5. The molecule has 1 N–H and O–H groups in total. The van der Waals surface area contributed by atoms with E-state index in [1.165, 1.54) is 0 Å². The molecule has 0 amide bonds. The number of hydrogen-bond donors (Lipinski definition) is 1. The highest BCUT2D eigenvalue weighted by Gasteiger charge is 2.51. The summed E-state index contributed by atoms with van der Waals surface area (Å²) in [5.41, 5.74) is 10.3. The summed E-state index contributed by atoms with van der Waals surface area (Å²) in [5.74, 6) is 0. The number of azide groups is 1. The number of benzene rings is 3. The summed E-state index contributed by atoms with van der Waals surface area (Å²) in [6.07, 6.45) is -1.58. The molecular weight excluding hydrogens is 570 g/mol. The molecule has 0 spiro atoms. The zero-order valence-corrected chi connectivity index (χ0v) is 25.4. The number of hydrogen-bond acceptors (Lipinski definition) is 7. The SMILES string of the molecule is [2H]C(O[C@@H]1[C@H](OC([2H])c2ccccc2)[C@@H](OC([2H])c2ccccc2)C(OCC=C)O[C@@H]1C(O)CCCCCCN=[N+]=[N-])c1ccccc1. The van der Waals surface area contributed by atoms with E-state index in [1.54, 1.807) is 42.5 Å². The lowest BCUT2D eigenvalue weighted by Crippen LogP contribution is -2.63. The fourth-order valence-electron chi connectivity index (χ4n) is 5.06. The number of unbranched alkanes of at least 4 members (excludes halogenated alkanes) is 3. The fraction of sp³-hybridized carbons (Fsp3) is 0.444. The highest BCUT2D eigenvalue weighted by Crippen LogP contribution is 2.33. The number of rotatable bonds is 20. The fourth-order valence-corrected chi connectivity index (χ4v) is 5.06. The van der Waals surface area contributed by atoms with Crippen molar-refractivity contribution in [2.24, 2.45) is 5.11 Å². The Morgan fingerprint density at radius 3 is 1.82 bits per heavy atom. The van der Waals surface area contributed by atoms with Crippen LogP contribution >= 0.6 is 0 Å². The summed E-state index contributed by atoms with van der Waals surface area (Å²) < 4.78 is 58.5. The minimum atomic E-state index is -1.19. The number of nitrogens with zero attached hydrogens (tertiary/aromatic N) is 3. The van der Waals surface area contributed by atoms with E-state index in [1.807, 2.05) is 54.6 Å². The lowest BCUT2D eigenvalue weighted by atomic mass is 9.92. The first-order valence-electron chi connectivity index (χ1n) is 17.1. The molecule has 3 aromatic carbocycles. The summed E-state index contributed by atoms with van der Waals surface area (Å²) in [6.45, 7) is 0.712. The van der Waals surface area contributed by atoms with Crippen molar-refractivity contribution < 1.29 is 32.9 Å². The van der Waals surface area contributed by atoms with E-state index in [9.17, 15) is 5.11 Å². The first-order chi connectivity index (χ1) is 23.4. The Morgan fingerprint density at radius 2 is 1.29 bits per heavy atom. The van der Waals surface area contributed by atoms with Crippen molar-refractivity contribution in [3.05, 3.63) is 131 Å². The van der Waals surface area contributed by atoms with Crippen LogP contribution in [0.2, 0.25) is 0 Å². The van der Waals surface area contributed by atoms with Crippen LogP contribution in [0.3, 0.4) is 0 Å². The monoisotopic (exact) mass is 618 g/mol. The lowest BCUT2D eigenvalue weighted by Gasteiger charge is -2.47. The summed E-state index contributed by atoms with van der Waals surface area (Å²) in [6, 6.07) is 27.1. The molecule has 0 aromatic heterocycles. The quantitative estimate of drug-likeness (QED) is 0.0467. The molecule has 0 bridgehead atoms. The third-order valence-electron chi connectivity index (χ3n) is 7.34. The first-order valence-corrected chi connectivity index (χ1v) is 15.4. The van der Waals surface area contributed by atoms with Gasteiger partial charge in [-0.25, -0.2) is 0 Å². The summed E-state index contributed by atoms with van der Waals surface area (Å²) in [7, 11) is 0. The van der Waals surface area contributed by atoms with Gasteiger partial charge in [-0.15, -0.1) is 6.58 Å². The van der Waals surface area contributed by atoms with Crippen LogP contribution in [0.15, 0.2) is 109 Å². The average Bonchev–Trinajstić information content (AvgIpc) is 3.12. The minimum Gasteiger partial charge on any atom is -0.390 e. The van der Waals surface area contributed by atoms with Crippen molar-refractivity contribution in [1.29, 1.82) is 0 Å². The van der Waals surface area contributed by atoms with Crippen LogP contribution in [0.1, 0.15) is 52.9 Å². The van der Waals surface area contributed by atoms with Gasteiger partial charge < -0.3 is 28.8 Å². The van der Waals surface area contributed by atoms with Crippen molar-refractivity contribution in [2.75, 3.05) is 13.2 Å². The Labute approximate surface area is 270 Å². The Kier molecular flexibility index (Phi) is 13.2. The summed E-state index contributed by atoms with van der Waals surface area (Å²) in [4.78, 5) is 2.79. The normalized spacial score (nSPS) is 25.0. The lowest BCUT2D eigenvalue weighted by molar-refractivity contribution is -0.332. The zero-order valence-electron chi connectivity index (χ0n) is 28.4. The molecule has 5 unspecified atom stereocenters. The molecule has 1 heterocycles. The van der Waals surface area contributed by atoms with Gasteiger partial charge in [-0.3, -0.25) is 0 Å². The Hall–Kier alpha value is -3.53. The van der Waals surface area contributed by atoms with E-state index in [4.69, 9.17) is 33.3 Å². The van der Waals surface area contributed by atoms with Gasteiger partial charge in [-0.05, 0) is 35.1 Å². The van der Waals surface area contributed by atoms with Gasteiger partial charge in [0.15, 0.2) is 6.29 Å². The molecule has 3 aromatic rings. The van der Waals surface area contributed by atoms with Gasteiger partial charge in [0.1, 0.15) is 24.4 Å². The zero-order chi connectivity index (χ0) is 34.1. The maximum atomic E-state index is 11.6. The molecule has 0 saturated carbocycles.